The molecule has 0 bridgehead atoms. The molecule has 6 heteroatoms. The molecule has 2 heterocycles. The predicted octanol–water partition coefficient (Wildman–Crippen LogP) is 2.41. The maximum Gasteiger partial charge on any atom is 0.240 e. The van der Waals surface area contributed by atoms with Crippen LogP contribution >= 0.6 is 0 Å². The van der Waals surface area contributed by atoms with Crippen LogP contribution in [0, 0.1) is 0 Å². The summed E-state index contributed by atoms with van der Waals surface area (Å²) in [4.78, 5) is 12.4. The van der Waals surface area contributed by atoms with Crippen molar-refractivity contribution >= 4 is 16.9 Å². The van der Waals surface area contributed by atoms with Gasteiger partial charge in [0.1, 0.15) is 11.3 Å². The highest BCUT2D eigenvalue weighted by Gasteiger charge is 2.12. The van der Waals surface area contributed by atoms with Crippen LogP contribution in [0.15, 0.2) is 42.6 Å². The van der Waals surface area contributed by atoms with Gasteiger partial charge in [0.05, 0.1) is 12.5 Å². The van der Waals surface area contributed by atoms with Crippen molar-refractivity contribution in [3.63, 3.8) is 0 Å². The van der Waals surface area contributed by atoms with Crippen LogP contribution in [0.4, 0.5) is 5.95 Å². The van der Waals surface area contributed by atoms with Crippen molar-refractivity contribution in [2.24, 2.45) is 0 Å². The molecular formula is C14H12N4O2. The normalized spacial score (nSPS) is 10.4. The number of hydrogen-bond acceptors (Lipinski definition) is 6. The molecule has 0 aliphatic heterocycles. The highest BCUT2D eigenvalue weighted by molar-refractivity contribution is 5.88. The first-order chi connectivity index (χ1) is 9.78. The van der Waals surface area contributed by atoms with Crippen LogP contribution in [0.1, 0.15) is 0 Å². The van der Waals surface area contributed by atoms with Crippen LogP contribution < -0.4 is 15.2 Å². The number of anilines is 1. The first kappa shape index (κ1) is 12.2. The first-order valence-electron chi connectivity index (χ1n) is 5.97. The fraction of sp³-hybridized carbons (Fsp3) is 0.0714. The molecule has 3 aromatic rings. The number of fused-ring (bicyclic) bond motifs is 1. The van der Waals surface area contributed by atoms with E-state index >= 15 is 0 Å². The Morgan fingerprint density at radius 1 is 1.00 bits per heavy atom. The number of rotatable bonds is 3. The number of pyridine rings is 1. The third kappa shape index (κ3) is 2.18. The SMILES string of the molecule is COc1nccc2c(Oc3ccccc3)nc(N)nc12. The lowest BCUT2D eigenvalue weighted by atomic mass is 10.3. The molecule has 100 valence electrons. The second-order valence-electron chi connectivity index (χ2n) is 4.02. The van der Waals surface area contributed by atoms with Crippen molar-refractivity contribution in [1.29, 1.82) is 0 Å². The van der Waals surface area contributed by atoms with Gasteiger partial charge in [-0.15, -0.1) is 0 Å². The summed E-state index contributed by atoms with van der Waals surface area (Å²) in [5.41, 5.74) is 6.24. The molecule has 1 aromatic carbocycles. The lowest BCUT2D eigenvalue weighted by Gasteiger charge is -2.09. The zero-order valence-corrected chi connectivity index (χ0v) is 10.8. The number of benzene rings is 1. The highest BCUT2D eigenvalue weighted by atomic mass is 16.5. The second-order valence-corrected chi connectivity index (χ2v) is 4.02. The van der Waals surface area contributed by atoms with E-state index < -0.39 is 0 Å². The average molecular weight is 268 g/mol. The molecule has 2 aromatic heterocycles. The number of methoxy groups -OCH3 is 1. The van der Waals surface area contributed by atoms with E-state index in [-0.39, 0.29) is 5.95 Å². The van der Waals surface area contributed by atoms with Gasteiger partial charge in [0.15, 0.2) is 0 Å². The number of nitrogens with two attached hydrogens (primary N) is 1. The topological polar surface area (TPSA) is 83.2 Å². The van der Waals surface area contributed by atoms with Crippen LogP contribution in [0.3, 0.4) is 0 Å². The molecule has 0 spiro atoms. The Labute approximate surface area is 115 Å². The second kappa shape index (κ2) is 5.00. The number of ether oxygens (including phenoxy) is 2. The zero-order chi connectivity index (χ0) is 13.9. The van der Waals surface area contributed by atoms with E-state index in [1.165, 1.54) is 7.11 Å². The van der Waals surface area contributed by atoms with E-state index in [0.29, 0.717) is 28.4 Å². The van der Waals surface area contributed by atoms with Crippen molar-refractivity contribution < 1.29 is 9.47 Å². The number of para-hydroxylation sites is 1. The van der Waals surface area contributed by atoms with E-state index in [4.69, 9.17) is 15.2 Å². The summed E-state index contributed by atoms with van der Waals surface area (Å²) in [5.74, 6) is 1.53. The zero-order valence-electron chi connectivity index (χ0n) is 10.8. The van der Waals surface area contributed by atoms with Gasteiger partial charge in [-0.2, -0.15) is 4.98 Å². The Morgan fingerprint density at radius 2 is 1.80 bits per heavy atom. The maximum absolute atomic E-state index is 5.76. The van der Waals surface area contributed by atoms with Gasteiger partial charge in [0.25, 0.3) is 0 Å². The van der Waals surface area contributed by atoms with Crippen LogP contribution in [0.25, 0.3) is 10.9 Å². The van der Waals surface area contributed by atoms with Crippen molar-refractivity contribution in [2.45, 2.75) is 0 Å². The fourth-order valence-corrected chi connectivity index (χ4v) is 1.85. The number of hydrogen-bond donors (Lipinski definition) is 1. The lowest BCUT2D eigenvalue weighted by Crippen LogP contribution is -2.00. The summed E-state index contributed by atoms with van der Waals surface area (Å²) in [6.45, 7) is 0. The van der Waals surface area contributed by atoms with Crippen LogP contribution in [-0.4, -0.2) is 22.1 Å². The molecule has 20 heavy (non-hydrogen) atoms. The molecule has 2 N–H and O–H groups in total. The molecule has 0 aliphatic rings. The van der Waals surface area contributed by atoms with Crippen molar-refractivity contribution in [2.75, 3.05) is 12.8 Å². The van der Waals surface area contributed by atoms with Gasteiger partial charge in [-0.3, -0.25) is 0 Å². The lowest BCUT2D eigenvalue weighted by molar-refractivity contribution is 0.402. The summed E-state index contributed by atoms with van der Waals surface area (Å²) in [5, 5.41) is 0.690. The molecule has 3 rings (SSSR count). The minimum absolute atomic E-state index is 0.106. The molecule has 0 unspecified atom stereocenters. The molecule has 0 radical (unpaired) electrons. The minimum atomic E-state index is 0.106. The van der Waals surface area contributed by atoms with Gasteiger partial charge in [-0.05, 0) is 18.2 Å². The van der Waals surface area contributed by atoms with Crippen LogP contribution in [0.5, 0.6) is 17.5 Å². The summed E-state index contributed by atoms with van der Waals surface area (Å²) < 4.78 is 10.9. The van der Waals surface area contributed by atoms with Crippen molar-refractivity contribution in [1.82, 2.24) is 15.0 Å². The molecule has 0 amide bonds. The van der Waals surface area contributed by atoms with Gasteiger partial charge in [-0.1, -0.05) is 18.2 Å². The Hall–Kier alpha value is -2.89. The van der Waals surface area contributed by atoms with Gasteiger partial charge in [0.2, 0.25) is 17.7 Å². The Morgan fingerprint density at radius 3 is 2.55 bits per heavy atom. The third-order valence-corrected chi connectivity index (χ3v) is 2.71. The van der Waals surface area contributed by atoms with Crippen molar-refractivity contribution in [3.8, 4) is 17.5 Å². The van der Waals surface area contributed by atoms with Gasteiger partial charge in [-0.25, -0.2) is 9.97 Å². The standard InChI is InChI=1S/C14H12N4O2/c1-19-13-11-10(7-8-16-13)12(18-14(15)17-11)20-9-5-3-2-4-6-9/h2-8H,1H3,(H2,15,17,18). The van der Waals surface area contributed by atoms with Crippen LogP contribution in [0.2, 0.25) is 0 Å². The number of nitrogens with zero attached hydrogens (tertiary/aromatic N) is 3. The minimum Gasteiger partial charge on any atom is -0.479 e. The molecular weight excluding hydrogens is 256 g/mol. The molecule has 0 atom stereocenters. The molecule has 0 fully saturated rings. The van der Waals surface area contributed by atoms with Crippen LogP contribution in [-0.2, 0) is 0 Å². The van der Waals surface area contributed by atoms with E-state index in [1.807, 2.05) is 30.3 Å². The number of nitrogen functional groups attached to an aromatic ring is 1. The summed E-state index contributed by atoms with van der Waals surface area (Å²) in [6, 6.07) is 11.1. The predicted molar refractivity (Wildman–Crippen MR) is 74.8 cm³/mol. The van der Waals surface area contributed by atoms with E-state index in [1.54, 1.807) is 12.3 Å². The summed E-state index contributed by atoms with van der Waals surface area (Å²) in [6.07, 6.45) is 1.61. The van der Waals surface area contributed by atoms with Gasteiger partial charge < -0.3 is 15.2 Å². The summed E-state index contributed by atoms with van der Waals surface area (Å²) >= 11 is 0. The average Bonchev–Trinajstić information content (AvgIpc) is 2.47. The van der Waals surface area contributed by atoms with E-state index in [0.717, 1.165) is 0 Å². The highest BCUT2D eigenvalue weighted by Crippen LogP contribution is 2.31. The Kier molecular flexibility index (Phi) is 3.04. The third-order valence-electron chi connectivity index (χ3n) is 2.71. The Balaban J connectivity index is 2.15. The fourth-order valence-electron chi connectivity index (χ4n) is 1.85. The number of aromatic nitrogens is 3. The smallest absolute Gasteiger partial charge is 0.240 e. The largest absolute Gasteiger partial charge is 0.479 e. The maximum atomic E-state index is 5.76. The van der Waals surface area contributed by atoms with E-state index in [2.05, 4.69) is 15.0 Å². The molecule has 0 saturated heterocycles. The first-order valence-corrected chi connectivity index (χ1v) is 5.97. The molecule has 0 saturated carbocycles. The van der Waals surface area contributed by atoms with Crippen molar-refractivity contribution in [3.05, 3.63) is 42.6 Å². The molecule has 0 aliphatic carbocycles. The van der Waals surface area contributed by atoms with Gasteiger partial charge in [0, 0.05) is 6.20 Å². The van der Waals surface area contributed by atoms with E-state index in [9.17, 15) is 0 Å². The summed E-state index contributed by atoms with van der Waals surface area (Å²) in [7, 11) is 1.53. The Bertz CT molecular complexity index is 747. The monoisotopic (exact) mass is 268 g/mol. The molecule has 6 nitrogen and oxygen atoms in total. The van der Waals surface area contributed by atoms with Gasteiger partial charge >= 0.3 is 0 Å². The quantitative estimate of drug-likeness (QED) is 0.785.